The maximum Gasteiger partial charge on any atom is 0.261 e. The van der Waals surface area contributed by atoms with Gasteiger partial charge in [-0.05, 0) is 79.6 Å². The van der Waals surface area contributed by atoms with E-state index < -0.39 is 6.04 Å². The third-order valence-corrected chi connectivity index (χ3v) is 8.07. The summed E-state index contributed by atoms with van der Waals surface area (Å²) in [6, 6.07) is 21.4. The number of nitrogens with one attached hydrogen (secondary N) is 1. The summed E-state index contributed by atoms with van der Waals surface area (Å²) in [5, 5.41) is 3.29. The maximum absolute atomic E-state index is 13.9. The third-order valence-electron chi connectivity index (χ3n) is 7.58. The Balaban J connectivity index is 1.63. The van der Waals surface area contributed by atoms with Gasteiger partial charge in [-0.2, -0.15) is 0 Å². The van der Waals surface area contributed by atoms with Gasteiger partial charge in [0.25, 0.3) is 5.91 Å². The van der Waals surface area contributed by atoms with E-state index in [9.17, 15) is 9.59 Å². The van der Waals surface area contributed by atoms with Crippen molar-refractivity contribution in [1.29, 1.82) is 0 Å². The van der Waals surface area contributed by atoms with Gasteiger partial charge in [0, 0.05) is 23.5 Å². The van der Waals surface area contributed by atoms with E-state index >= 15 is 0 Å². The molecule has 0 heterocycles. The topological polar surface area (TPSA) is 58.6 Å². The van der Waals surface area contributed by atoms with Crippen LogP contribution < -0.4 is 10.1 Å². The van der Waals surface area contributed by atoms with Gasteiger partial charge in [-0.3, -0.25) is 9.59 Å². The van der Waals surface area contributed by atoms with E-state index in [4.69, 9.17) is 4.74 Å². The second-order valence-corrected chi connectivity index (χ2v) is 11.6. The smallest absolute Gasteiger partial charge is 0.261 e. The fourth-order valence-corrected chi connectivity index (χ4v) is 5.75. The lowest BCUT2D eigenvalue weighted by atomic mass is 9.94. The summed E-state index contributed by atoms with van der Waals surface area (Å²) in [5.41, 5.74) is 5.18. The van der Waals surface area contributed by atoms with Crippen molar-refractivity contribution >= 4 is 27.7 Å². The standard InChI is InChI=1S/C33H39BrN2O3/c1-23-17-24(2)25(3)31(18-23)39-22-32(37)36(21-27-13-10-14-28(34)19-27)30(20-26-11-6-4-7-12-26)33(38)35-29-15-8-5-9-16-29/h4,6-7,10-14,17-19,29-30H,5,8-9,15-16,20-22H2,1-3H3,(H,35,38)/t30-/m0/s1. The van der Waals surface area contributed by atoms with E-state index in [1.54, 1.807) is 4.90 Å². The zero-order valence-electron chi connectivity index (χ0n) is 23.2. The number of rotatable bonds is 10. The second-order valence-electron chi connectivity index (χ2n) is 10.7. The summed E-state index contributed by atoms with van der Waals surface area (Å²) in [5.74, 6) is 0.388. The van der Waals surface area contributed by atoms with E-state index in [-0.39, 0.29) is 24.5 Å². The van der Waals surface area contributed by atoms with E-state index in [0.717, 1.165) is 58.0 Å². The van der Waals surface area contributed by atoms with E-state index in [2.05, 4.69) is 27.3 Å². The highest BCUT2D eigenvalue weighted by Crippen LogP contribution is 2.24. The van der Waals surface area contributed by atoms with Crippen LogP contribution in [0.5, 0.6) is 5.75 Å². The Bertz CT molecular complexity index is 1270. The van der Waals surface area contributed by atoms with Gasteiger partial charge < -0.3 is 15.0 Å². The Labute approximate surface area is 241 Å². The molecule has 0 bridgehead atoms. The Morgan fingerprint density at radius 3 is 2.38 bits per heavy atom. The average Bonchev–Trinajstić information content (AvgIpc) is 2.92. The zero-order chi connectivity index (χ0) is 27.8. The summed E-state index contributed by atoms with van der Waals surface area (Å²) in [4.78, 5) is 29.5. The molecule has 2 amide bonds. The van der Waals surface area contributed by atoms with E-state index in [0.29, 0.717) is 18.7 Å². The molecule has 1 saturated carbocycles. The predicted molar refractivity (Wildman–Crippen MR) is 160 cm³/mol. The number of aryl methyl sites for hydroxylation is 2. The highest BCUT2D eigenvalue weighted by molar-refractivity contribution is 9.10. The van der Waals surface area contributed by atoms with Crippen LogP contribution in [0.25, 0.3) is 0 Å². The minimum Gasteiger partial charge on any atom is -0.483 e. The molecule has 1 atom stereocenters. The molecule has 39 heavy (non-hydrogen) atoms. The zero-order valence-corrected chi connectivity index (χ0v) is 24.8. The number of amides is 2. The van der Waals surface area contributed by atoms with Gasteiger partial charge in [0.15, 0.2) is 6.61 Å². The molecule has 0 spiro atoms. The lowest BCUT2D eigenvalue weighted by Crippen LogP contribution is -2.53. The fourth-order valence-electron chi connectivity index (χ4n) is 5.30. The number of carbonyl (C=O) groups is 2. The first-order valence-corrected chi connectivity index (χ1v) is 14.7. The normalized spacial score (nSPS) is 14.5. The van der Waals surface area contributed by atoms with Crippen molar-refractivity contribution in [2.45, 2.75) is 77.9 Å². The summed E-state index contributed by atoms with van der Waals surface area (Å²) >= 11 is 3.55. The highest BCUT2D eigenvalue weighted by Gasteiger charge is 2.32. The van der Waals surface area contributed by atoms with Crippen molar-refractivity contribution in [2.75, 3.05) is 6.61 Å². The van der Waals surface area contributed by atoms with E-state index in [1.165, 1.54) is 6.42 Å². The van der Waals surface area contributed by atoms with Crippen molar-refractivity contribution in [3.63, 3.8) is 0 Å². The molecule has 0 aromatic heterocycles. The van der Waals surface area contributed by atoms with Crippen LogP contribution in [0.3, 0.4) is 0 Å². The molecule has 0 saturated heterocycles. The maximum atomic E-state index is 13.9. The molecule has 1 aliphatic rings. The third kappa shape index (κ3) is 8.18. The lowest BCUT2D eigenvalue weighted by molar-refractivity contribution is -0.143. The average molecular weight is 592 g/mol. The Kier molecular flexibility index (Phi) is 10.2. The van der Waals surface area contributed by atoms with Gasteiger partial charge in [-0.15, -0.1) is 0 Å². The number of halogens is 1. The molecule has 1 aliphatic carbocycles. The van der Waals surface area contributed by atoms with Crippen LogP contribution in [-0.2, 0) is 22.6 Å². The molecule has 0 aliphatic heterocycles. The number of benzene rings is 3. The number of ether oxygens (including phenoxy) is 1. The van der Waals surface area contributed by atoms with Crippen molar-refractivity contribution < 1.29 is 14.3 Å². The number of hydrogen-bond donors (Lipinski definition) is 1. The Hall–Kier alpha value is -3.12. The molecule has 0 unspecified atom stereocenters. The first kappa shape index (κ1) is 28.9. The summed E-state index contributed by atoms with van der Waals surface area (Å²) in [7, 11) is 0. The summed E-state index contributed by atoms with van der Waals surface area (Å²) < 4.78 is 7.03. The van der Waals surface area contributed by atoms with E-state index in [1.807, 2.05) is 81.4 Å². The first-order valence-electron chi connectivity index (χ1n) is 13.9. The molecular formula is C33H39BrN2O3. The molecule has 0 radical (unpaired) electrons. The van der Waals surface area contributed by atoms with Gasteiger partial charge in [-0.25, -0.2) is 0 Å². The van der Waals surface area contributed by atoms with Gasteiger partial charge >= 0.3 is 0 Å². The number of hydrogen-bond acceptors (Lipinski definition) is 3. The van der Waals surface area contributed by atoms with Crippen LogP contribution in [0.4, 0.5) is 0 Å². The van der Waals surface area contributed by atoms with Crippen LogP contribution in [0, 0.1) is 20.8 Å². The predicted octanol–water partition coefficient (Wildman–Crippen LogP) is 6.84. The largest absolute Gasteiger partial charge is 0.483 e. The van der Waals surface area contributed by atoms with Gasteiger partial charge in [0.05, 0.1) is 0 Å². The molecule has 3 aromatic carbocycles. The molecule has 3 aromatic rings. The van der Waals surface area contributed by atoms with Crippen LogP contribution in [0.15, 0.2) is 71.2 Å². The quantitative estimate of drug-likeness (QED) is 0.281. The minimum atomic E-state index is -0.662. The number of nitrogens with zero attached hydrogens (tertiary/aromatic N) is 1. The van der Waals surface area contributed by atoms with Crippen LogP contribution in [0.2, 0.25) is 0 Å². The van der Waals surface area contributed by atoms with Crippen molar-refractivity contribution in [2.24, 2.45) is 0 Å². The monoisotopic (exact) mass is 590 g/mol. The van der Waals surface area contributed by atoms with Crippen molar-refractivity contribution in [3.8, 4) is 5.75 Å². The first-order chi connectivity index (χ1) is 18.8. The molecule has 5 nitrogen and oxygen atoms in total. The summed E-state index contributed by atoms with van der Waals surface area (Å²) in [6.45, 7) is 6.24. The van der Waals surface area contributed by atoms with Crippen molar-refractivity contribution in [1.82, 2.24) is 10.2 Å². The Morgan fingerprint density at radius 1 is 0.949 bits per heavy atom. The molecule has 206 valence electrons. The fraction of sp³-hybridized carbons (Fsp3) is 0.394. The van der Waals surface area contributed by atoms with Crippen LogP contribution in [0.1, 0.15) is 59.9 Å². The Morgan fingerprint density at radius 2 is 1.67 bits per heavy atom. The van der Waals surface area contributed by atoms with Crippen LogP contribution >= 0.6 is 15.9 Å². The van der Waals surface area contributed by atoms with Crippen LogP contribution in [-0.4, -0.2) is 35.4 Å². The minimum absolute atomic E-state index is 0.100. The molecule has 1 fully saturated rings. The highest BCUT2D eigenvalue weighted by atomic mass is 79.9. The molecule has 4 rings (SSSR count). The molecular weight excluding hydrogens is 552 g/mol. The molecule has 6 heteroatoms. The van der Waals surface area contributed by atoms with Gasteiger partial charge in [0.1, 0.15) is 11.8 Å². The van der Waals surface area contributed by atoms with Crippen molar-refractivity contribution in [3.05, 3.63) is 99.0 Å². The SMILES string of the molecule is Cc1cc(C)c(C)c(OCC(=O)N(Cc2cccc(Br)c2)[C@@H](Cc2ccccc2)C(=O)NC2CCCCC2)c1. The van der Waals surface area contributed by atoms with Gasteiger partial charge in [0.2, 0.25) is 5.91 Å². The number of carbonyl (C=O) groups excluding carboxylic acids is 2. The molecule has 1 N–H and O–H groups in total. The second kappa shape index (κ2) is 13.8. The summed E-state index contributed by atoms with van der Waals surface area (Å²) in [6.07, 6.45) is 5.86. The van der Waals surface area contributed by atoms with Gasteiger partial charge in [-0.1, -0.05) is 83.7 Å². The lowest BCUT2D eigenvalue weighted by Gasteiger charge is -2.33.